The molecule has 0 atom stereocenters. The molecule has 0 aromatic carbocycles. The molecule has 0 heterocycles. The van der Waals surface area contributed by atoms with Crippen LogP contribution in [0.5, 0.6) is 0 Å². The highest BCUT2D eigenvalue weighted by atomic mass is 14.6. The largest absolute Gasteiger partial charge is 0.402 e. The Balaban J connectivity index is 3.98. The number of hydrogen-bond donors (Lipinski definition) is 3. The number of nitrogens with two attached hydrogens (primary N) is 2. The molecule has 3 heteroatoms. The van der Waals surface area contributed by atoms with Crippen LogP contribution < -0.4 is 11.5 Å². The highest BCUT2D eigenvalue weighted by molar-refractivity contribution is 5.76. The minimum atomic E-state index is 0.555. The van der Waals surface area contributed by atoms with Crippen LogP contribution in [-0.2, 0) is 0 Å². The van der Waals surface area contributed by atoms with Crippen molar-refractivity contribution in [1.82, 2.24) is 0 Å². The molecule has 0 amide bonds. The minimum Gasteiger partial charge on any atom is -0.402 e. The van der Waals surface area contributed by atoms with Crippen LogP contribution in [0.2, 0.25) is 0 Å². The van der Waals surface area contributed by atoms with Gasteiger partial charge in [-0.15, -0.1) is 0 Å². The van der Waals surface area contributed by atoms with Crippen LogP contribution in [-0.4, -0.2) is 12.8 Å². The van der Waals surface area contributed by atoms with E-state index in [1.54, 1.807) is 6.92 Å². The third-order valence-electron chi connectivity index (χ3n) is 1.09. The van der Waals surface area contributed by atoms with E-state index in [0.29, 0.717) is 18.7 Å². The zero-order chi connectivity index (χ0) is 7.28. The maximum absolute atomic E-state index is 6.88. The molecule has 0 fully saturated rings. The van der Waals surface area contributed by atoms with E-state index < -0.39 is 0 Å². The first-order valence-corrected chi connectivity index (χ1v) is 2.88. The van der Waals surface area contributed by atoms with Gasteiger partial charge in [0, 0.05) is 11.9 Å². The fourth-order valence-electron chi connectivity index (χ4n) is 0.539. The molecule has 0 bridgehead atoms. The van der Waals surface area contributed by atoms with Gasteiger partial charge in [0.1, 0.15) is 0 Å². The molecule has 5 N–H and O–H groups in total. The minimum absolute atomic E-state index is 0.555. The standard InChI is InChI=1S/C6H13N3/c1-5(9)6(4-8)2-3-7/h4,8H,2-3,7,9H2,1H3/b6-5-,8-4?. The van der Waals surface area contributed by atoms with Gasteiger partial charge in [0.2, 0.25) is 0 Å². The lowest BCUT2D eigenvalue weighted by Crippen LogP contribution is -2.05. The van der Waals surface area contributed by atoms with Crippen molar-refractivity contribution in [2.45, 2.75) is 13.3 Å². The Morgan fingerprint density at radius 3 is 2.33 bits per heavy atom. The Labute approximate surface area is 55.2 Å². The van der Waals surface area contributed by atoms with Gasteiger partial charge in [0.25, 0.3) is 0 Å². The molecular formula is C6H13N3. The summed E-state index contributed by atoms with van der Waals surface area (Å²) >= 11 is 0. The average molecular weight is 127 g/mol. The van der Waals surface area contributed by atoms with Gasteiger partial charge < -0.3 is 16.9 Å². The molecular weight excluding hydrogens is 114 g/mol. The van der Waals surface area contributed by atoms with Crippen LogP contribution >= 0.6 is 0 Å². The SMILES string of the molecule is C/C(N)=C(/C=N)CCN. The van der Waals surface area contributed by atoms with E-state index in [0.717, 1.165) is 5.57 Å². The van der Waals surface area contributed by atoms with E-state index in [1.165, 1.54) is 6.21 Å². The van der Waals surface area contributed by atoms with E-state index in [9.17, 15) is 0 Å². The van der Waals surface area contributed by atoms with Crippen LogP contribution in [0.3, 0.4) is 0 Å². The third kappa shape index (κ3) is 2.87. The Morgan fingerprint density at radius 1 is 1.67 bits per heavy atom. The number of rotatable bonds is 3. The summed E-state index contributed by atoms with van der Waals surface area (Å²) in [6, 6.07) is 0. The normalized spacial score (nSPS) is 12.7. The summed E-state index contributed by atoms with van der Waals surface area (Å²) in [4.78, 5) is 0. The summed E-state index contributed by atoms with van der Waals surface area (Å²) in [7, 11) is 0. The summed E-state index contributed by atoms with van der Waals surface area (Å²) < 4.78 is 0. The van der Waals surface area contributed by atoms with E-state index in [2.05, 4.69) is 0 Å². The molecule has 0 aliphatic rings. The topological polar surface area (TPSA) is 75.9 Å². The highest BCUT2D eigenvalue weighted by Gasteiger charge is 1.92. The van der Waals surface area contributed by atoms with Gasteiger partial charge in [0.05, 0.1) is 0 Å². The fraction of sp³-hybridized carbons (Fsp3) is 0.500. The zero-order valence-corrected chi connectivity index (χ0v) is 5.65. The molecule has 3 nitrogen and oxygen atoms in total. The first-order valence-electron chi connectivity index (χ1n) is 2.88. The Hall–Kier alpha value is -0.830. The van der Waals surface area contributed by atoms with Crippen molar-refractivity contribution in [2.24, 2.45) is 11.5 Å². The second kappa shape index (κ2) is 4.09. The van der Waals surface area contributed by atoms with Crippen LogP contribution in [0, 0.1) is 5.41 Å². The first kappa shape index (κ1) is 8.17. The zero-order valence-electron chi connectivity index (χ0n) is 5.65. The molecule has 0 aromatic rings. The van der Waals surface area contributed by atoms with Crippen LogP contribution in [0.25, 0.3) is 0 Å². The lowest BCUT2D eigenvalue weighted by atomic mass is 10.2. The number of nitrogens with one attached hydrogen (secondary N) is 1. The molecule has 0 radical (unpaired) electrons. The molecule has 0 saturated heterocycles. The molecule has 0 aliphatic heterocycles. The maximum atomic E-state index is 6.88. The monoisotopic (exact) mass is 127 g/mol. The van der Waals surface area contributed by atoms with Gasteiger partial charge in [-0.2, -0.15) is 0 Å². The maximum Gasteiger partial charge on any atom is 0.0227 e. The van der Waals surface area contributed by atoms with E-state index >= 15 is 0 Å². The van der Waals surface area contributed by atoms with Crippen LogP contribution in [0.15, 0.2) is 11.3 Å². The van der Waals surface area contributed by atoms with Gasteiger partial charge in [-0.1, -0.05) is 0 Å². The lowest BCUT2D eigenvalue weighted by molar-refractivity contribution is 0.967. The van der Waals surface area contributed by atoms with Crippen molar-refractivity contribution in [3.8, 4) is 0 Å². The quantitative estimate of drug-likeness (QED) is 0.474. The molecule has 0 aromatic heterocycles. The molecule has 52 valence electrons. The lowest BCUT2D eigenvalue weighted by Gasteiger charge is -1.98. The van der Waals surface area contributed by atoms with Gasteiger partial charge in [-0.3, -0.25) is 0 Å². The van der Waals surface area contributed by atoms with Crippen LogP contribution in [0.1, 0.15) is 13.3 Å². The second-order valence-corrected chi connectivity index (χ2v) is 1.89. The Morgan fingerprint density at radius 2 is 2.22 bits per heavy atom. The van der Waals surface area contributed by atoms with Crippen molar-refractivity contribution in [3.05, 3.63) is 11.3 Å². The molecule has 9 heavy (non-hydrogen) atoms. The summed E-state index contributed by atoms with van der Waals surface area (Å²) in [6.07, 6.45) is 1.95. The van der Waals surface area contributed by atoms with E-state index in [-0.39, 0.29) is 0 Å². The van der Waals surface area contributed by atoms with Gasteiger partial charge in [-0.25, -0.2) is 0 Å². The Kier molecular flexibility index (Phi) is 3.71. The average Bonchev–Trinajstić information content (AvgIpc) is 1.82. The molecule has 0 spiro atoms. The number of allylic oxidation sites excluding steroid dienone is 1. The van der Waals surface area contributed by atoms with Crippen molar-refractivity contribution >= 4 is 6.21 Å². The number of hydrogen-bond acceptors (Lipinski definition) is 3. The Bertz CT molecular complexity index is 122. The third-order valence-corrected chi connectivity index (χ3v) is 1.09. The van der Waals surface area contributed by atoms with Crippen molar-refractivity contribution in [3.63, 3.8) is 0 Å². The predicted octanol–water partition coefficient (Wildman–Crippen LogP) is 0.217. The van der Waals surface area contributed by atoms with Gasteiger partial charge >= 0.3 is 0 Å². The predicted molar refractivity (Wildman–Crippen MR) is 39.3 cm³/mol. The van der Waals surface area contributed by atoms with E-state index in [1.807, 2.05) is 0 Å². The molecule has 0 saturated carbocycles. The van der Waals surface area contributed by atoms with E-state index in [4.69, 9.17) is 16.9 Å². The van der Waals surface area contributed by atoms with Gasteiger partial charge in [0.15, 0.2) is 0 Å². The van der Waals surface area contributed by atoms with Crippen molar-refractivity contribution in [1.29, 1.82) is 5.41 Å². The summed E-state index contributed by atoms with van der Waals surface area (Å²) in [5.74, 6) is 0. The highest BCUT2D eigenvalue weighted by Crippen LogP contribution is 1.98. The first-order chi connectivity index (χ1) is 4.22. The molecule has 0 rings (SSSR count). The van der Waals surface area contributed by atoms with Crippen LogP contribution in [0.4, 0.5) is 0 Å². The van der Waals surface area contributed by atoms with Gasteiger partial charge in [-0.05, 0) is 25.5 Å². The summed E-state index contributed by atoms with van der Waals surface area (Å²) in [6.45, 7) is 2.33. The molecule has 0 unspecified atom stereocenters. The van der Waals surface area contributed by atoms with Crippen molar-refractivity contribution in [2.75, 3.05) is 6.54 Å². The summed E-state index contributed by atoms with van der Waals surface area (Å²) in [5, 5.41) is 6.88. The second-order valence-electron chi connectivity index (χ2n) is 1.89. The fourth-order valence-corrected chi connectivity index (χ4v) is 0.539. The smallest absolute Gasteiger partial charge is 0.0227 e. The summed E-state index contributed by atoms with van der Waals surface area (Å²) in [5.41, 5.74) is 12.2. The molecule has 0 aliphatic carbocycles. The van der Waals surface area contributed by atoms with Crippen molar-refractivity contribution < 1.29 is 0 Å².